The van der Waals surface area contributed by atoms with Crippen LogP contribution in [0.4, 0.5) is 0 Å². The molecular weight excluding hydrogens is 248 g/mol. The molecular formula is C14H23ClN2O. The summed E-state index contributed by atoms with van der Waals surface area (Å²) < 4.78 is 0. The second-order valence-electron chi connectivity index (χ2n) is 5.48. The van der Waals surface area contributed by atoms with Crippen LogP contribution in [-0.4, -0.2) is 11.9 Å². The number of hydrogen-bond donors (Lipinski definition) is 2. The summed E-state index contributed by atoms with van der Waals surface area (Å²) in [5, 5.41) is 2.94. The van der Waals surface area contributed by atoms with Gasteiger partial charge in [-0.3, -0.25) is 4.79 Å². The molecule has 18 heavy (non-hydrogen) atoms. The van der Waals surface area contributed by atoms with E-state index >= 15 is 0 Å². The average molecular weight is 271 g/mol. The topological polar surface area (TPSA) is 55.1 Å². The van der Waals surface area contributed by atoms with Crippen molar-refractivity contribution in [2.24, 2.45) is 11.1 Å². The van der Waals surface area contributed by atoms with Crippen molar-refractivity contribution in [2.75, 3.05) is 0 Å². The van der Waals surface area contributed by atoms with Crippen LogP contribution in [-0.2, 0) is 4.79 Å². The van der Waals surface area contributed by atoms with Crippen LogP contribution in [0, 0.1) is 5.41 Å². The first kappa shape index (κ1) is 16.9. The molecule has 2 atom stereocenters. The minimum Gasteiger partial charge on any atom is -0.348 e. The van der Waals surface area contributed by atoms with Gasteiger partial charge < -0.3 is 11.1 Å². The molecule has 0 saturated carbocycles. The Hall–Kier alpha value is -1.06. The average Bonchev–Trinajstić information content (AvgIpc) is 2.27. The van der Waals surface area contributed by atoms with Crippen LogP contribution in [0.1, 0.15) is 39.3 Å². The first-order valence-corrected chi connectivity index (χ1v) is 5.93. The van der Waals surface area contributed by atoms with E-state index in [-0.39, 0.29) is 29.8 Å². The molecule has 0 saturated heterocycles. The molecule has 1 aromatic carbocycles. The lowest BCUT2D eigenvalue weighted by Gasteiger charge is -2.27. The number of carbonyl (C=O) groups excluding carboxylic acids is 1. The largest absolute Gasteiger partial charge is 0.348 e. The van der Waals surface area contributed by atoms with Gasteiger partial charge in [0.05, 0.1) is 12.1 Å². The molecule has 1 amide bonds. The van der Waals surface area contributed by atoms with E-state index in [1.807, 2.05) is 58.0 Å². The van der Waals surface area contributed by atoms with Crippen molar-refractivity contribution in [3.8, 4) is 0 Å². The van der Waals surface area contributed by atoms with Gasteiger partial charge in [0.25, 0.3) is 0 Å². The maximum Gasteiger partial charge on any atom is 0.237 e. The second-order valence-corrected chi connectivity index (χ2v) is 5.48. The normalized spacial score (nSPS) is 14.3. The van der Waals surface area contributed by atoms with Crippen LogP contribution in [0.3, 0.4) is 0 Å². The molecule has 0 aliphatic carbocycles. The van der Waals surface area contributed by atoms with E-state index in [0.717, 1.165) is 5.56 Å². The Morgan fingerprint density at radius 2 is 1.72 bits per heavy atom. The molecule has 1 aromatic rings. The molecule has 0 bridgehead atoms. The van der Waals surface area contributed by atoms with Crippen LogP contribution < -0.4 is 11.1 Å². The fraction of sp³-hybridized carbons (Fsp3) is 0.500. The van der Waals surface area contributed by atoms with Crippen LogP contribution in [0.15, 0.2) is 30.3 Å². The minimum atomic E-state index is -0.492. The summed E-state index contributed by atoms with van der Waals surface area (Å²) >= 11 is 0. The number of nitrogens with one attached hydrogen (secondary N) is 1. The number of rotatable bonds is 3. The van der Waals surface area contributed by atoms with Crippen molar-refractivity contribution >= 4 is 18.3 Å². The summed E-state index contributed by atoms with van der Waals surface area (Å²) in [5.41, 5.74) is 6.77. The van der Waals surface area contributed by atoms with Crippen molar-refractivity contribution < 1.29 is 4.79 Å². The lowest BCUT2D eigenvalue weighted by molar-refractivity contribution is -0.125. The van der Waals surface area contributed by atoms with Gasteiger partial charge in [0.1, 0.15) is 0 Å². The molecule has 0 heterocycles. The van der Waals surface area contributed by atoms with Gasteiger partial charge in [-0.25, -0.2) is 0 Å². The maximum atomic E-state index is 11.9. The lowest BCUT2D eigenvalue weighted by Crippen LogP contribution is -2.49. The molecule has 0 aliphatic heterocycles. The molecule has 0 radical (unpaired) electrons. The highest BCUT2D eigenvalue weighted by molar-refractivity contribution is 5.85. The zero-order valence-electron chi connectivity index (χ0n) is 11.4. The first-order chi connectivity index (χ1) is 7.82. The Balaban J connectivity index is 0.00000289. The third kappa shape index (κ3) is 4.67. The van der Waals surface area contributed by atoms with E-state index in [1.165, 1.54) is 0 Å². The Morgan fingerprint density at radius 1 is 1.22 bits per heavy atom. The lowest BCUT2D eigenvalue weighted by atomic mass is 9.86. The van der Waals surface area contributed by atoms with Crippen molar-refractivity contribution in [3.05, 3.63) is 35.9 Å². The summed E-state index contributed by atoms with van der Waals surface area (Å²) in [6.45, 7) is 7.85. The van der Waals surface area contributed by atoms with Gasteiger partial charge in [-0.05, 0) is 17.9 Å². The molecule has 3 nitrogen and oxygen atoms in total. The van der Waals surface area contributed by atoms with E-state index < -0.39 is 6.04 Å². The van der Waals surface area contributed by atoms with E-state index in [9.17, 15) is 4.79 Å². The minimum absolute atomic E-state index is 0. The van der Waals surface area contributed by atoms with Gasteiger partial charge in [0, 0.05) is 0 Å². The maximum absolute atomic E-state index is 11.9. The molecule has 102 valence electrons. The summed E-state index contributed by atoms with van der Waals surface area (Å²) in [6, 6.07) is 9.36. The quantitative estimate of drug-likeness (QED) is 0.887. The van der Waals surface area contributed by atoms with E-state index in [4.69, 9.17) is 5.73 Å². The molecule has 1 rings (SSSR count). The van der Waals surface area contributed by atoms with Crippen molar-refractivity contribution in [3.63, 3.8) is 0 Å². The Kier molecular flexibility index (Phi) is 6.36. The highest BCUT2D eigenvalue weighted by Gasteiger charge is 2.28. The molecule has 3 N–H and O–H groups in total. The zero-order chi connectivity index (χ0) is 13.1. The number of halogens is 1. The standard InChI is InChI=1S/C14H22N2O.ClH/c1-10(11-8-6-5-7-9-11)16-13(17)12(15)14(2,3)4;/h5-10,12H,15H2,1-4H3,(H,16,17);1H/t10-,12-;/m1./s1. The highest BCUT2D eigenvalue weighted by atomic mass is 35.5. The second kappa shape index (κ2) is 6.76. The van der Waals surface area contributed by atoms with Crippen molar-refractivity contribution in [1.29, 1.82) is 0 Å². The Morgan fingerprint density at radius 3 is 2.17 bits per heavy atom. The van der Waals surface area contributed by atoms with Crippen molar-refractivity contribution in [2.45, 2.75) is 39.8 Å². The number of hydrogen-bond acceptors (Lipinski definition) is 2. The van der Waals surface area contributed by atoms with Crippen LogP contribution in [0.25, 0.3) is 0 Å². The third-order valence-electron chi connectivity index (χ3n) is 2.87. The molecule has 0 aromatic heterocycles. The number of amides is 1. The fourth-order valence-electron chi connectivity index (χ4n) is 1.52. The number of carbonyl (C=O) groups is 1. The monoisotopic (exact) mass is 270 g/mol. The summed E-state index contributed by atoms with van der Waals surface area (Å²) in [6.07, 6.45) is 0. The highest BCUT2D eigenvalue weighted by Crippen LogP contribution is 2.19. The SMILES string of the molecule is C[C@@H](NC(=O)[C@@H](N)C(C)(C)C)c1ccccc1.Cl. The zero-order valence-corrected chi connectivity index (χ0v) is 12.3. The number of nitrogens with two attached hydrogens (primary N) is 1. The van der Waals surface area contributed by atoms with Crippen LogP contribution >= 0.6 is 12.4 Å². The predicted octanol–water partition coefficient (Wildman–Crippen LogP) is 2.66. The van der Waals surface area contributed by atoms with Crippen LogP contribution in [0.2, 0.25) is 0 Å². The van der Waals surface area contributed by atoms with Gasteiger partial charge in [-0.1, -0.05) is 51.1 Å². The molecule has 0 spiro atoms. The summed E-state index contributed by atoms with van der Waals surface area (Å²) in [7, 11) is 0. The Bertz CT molecular complexity index is 373. The van der Waals surface area contributed by atoms with Gasteiger partial charge in [0.15, 0.2) is 0 Å². The van der Waals surface area contributed by atoms with E-state index in [2.05, 4.69) is 5.32 Å². The third-order valence-corrected chi connectivity index (χ3v) is 2.87. The smallest absolute Gasteiger partial charge is 0.237 e. The molecule has 0 aliphatic rings. The summed E-state index contributed by atoms with van der Waals surface area (Å²) in [5.74, 6) is -0.103. The molecule has 0 unspecified atom stereocenters. The van der Waals surface area contributed by atoms with Gasteiger partial charge in [-0.2, -0.15) is 0 Å². The Labute approximate surface area is 116 Å². The van der Waals surface area contributed by atoms with Crippen LogP contribution in [0.5, 0.6) is 0 Å². The molecule has 4 heteroatoms. The van der Waals surface area contributed by atoms with Gasteiger partial charge in [-0.15, -0.1) is 12.4 Å². The van der Waals surface area contributed by atoms with E-state index in [1.54, 1.807) is 0 Å². The summed E-state index contributed by atoms with van der Waals surface area (Å²) in [4.78, 5) is 11.9. The fourth-order valence-corrected chi connectivity index (χ4v) is 1.52. The van der Waals surface area contributed by atoms with Crippen molar-refractivity contribution in [1.82, 2.24) is 5.32 Å². The number of benzene rings is 1. The predicted molar refractivity (Wildman–Crippen MR) is 77.7 cm³/mol. The first-order valence-electron chi connectivity index (χ1n) is 5.93. The van der Waals surface area contributed by atoms with Gasteiger partial charge >= 0.3 is 0 Å². The van der Waals surface area contributed by atoms with Gasteiger partial charge in [0.2, 0.25) is 5.91 Å². The van der Waals surface area contributed by atoms with E-state index in [0.29, 0.717) is 0 Å². The molecule has 0 fully saturated rings.